The Balaban J connectivity index is 2.29. The van der Waals surface area contributed by atoms with Gasteiger partial charge in [-0.1, -0.05) is 0 Å². The minimum absolute atomic E-state index is 0.194. The van der Waals surface area contributed by atoms with Crippen molar-refractivity contribution in [2.45, 2.75) is 12.7 Å². The summed E-state index contributed by atoms with van der Waals surface area (Å²) < 4.78 is 39.7. The highest BCUT2D eigenvalue weighted by Gasteiger charge is 2.32. The zero-order valence-corrected chi connectivity index (χ0v) is 13.7. The molecule has 2 rings (SSSR count). The molecule has 114 valence electrons. The molecule has 21 heavy (non-hydrogen) atoms. The van der Waals surface area contributed by atoms with Crippen LogP contribution in [0.3, 0.4) is 0 Å². The molecular formula is C13H13BrF3N3S. The van der Waals surface area contributed by atoms with E-state index in [9.17, 15) is 13.2 Å². The molecule has 0 unspecified atom stereocenters. The Morgan fingerprint density at radius 3 is 2.57 bits per heavy atom. The average molecular weight is 380 g/mol. The third-order valence-corrected chi connectivity index (χ3v) is 4.48. The summed E-state index contributed by atoms with van der Waals surface area (Å²) in [6, 6.07) is 4.00. The van der Waals surface area contributed by atoms with Gasteiger partial charge in [-0.25, -0.2) is 4.98 Å². The Labute approximate surface area is 132 Å². The Kier molecular flexibility index (Phi) is 4.77. The van der Waals surface area contributed by atoms with Crippen molar-refractivity contribution in [2.24, 2.45) is 0 Å². The molecule has 0 aliphatic rings. The van der Waals surface area contributed by atoms with Crippen molar-refractivity contribution in [3.63, 3.8) is 0 Å². The fraction of sp³-hybridized carbons (Fsp3) is 0.308. The van der Waals surface area contributed by atoms with Gasteiger partial charge in [0.25, 0.3) is 0 Å². The van der Waals surface area contributed by atoms with Gasteiger partial charge < -0.3 is 10.2 Å². The van der Waals surface area contributed by atoms with E-state index in [-0.39, 0.29) is 11.6 Å². The molecule has 0 spiro atoms. The molecule has 0 aliphatic carbocycles. The maximum Gasteiger partial charge on any atom is 0.416 e. The van der Waals surface area contributed by atoms with Crippen LogP contribution in [0.15, 0.2) is 28.1 Å². The first kappa shape index (κ1) is 16.1. The molecule has 0 saturated heterocycles. The molecule has 0 bridgehead atoms. The summed E-state index contributed by atoms with van der Waals surface area (Å²) in [4.78, 5) is 6.90. The van der Waals surface area contributed by atoms with Crippen LogP contribution in [0.5, 0.6) is 0 Å². The molecule has 0 fully saturated rings. The Morgan fingerprint density at radius 1 is 1.33 bits per heavy atom. The number of nitrogens with one attached hydrogen (secondary N) is 1. The lowest BCUT2D eigenvalue weighted by Gasteiger charge is -2.20. The van der Waals surface area contributed by atoms with Gasteiger partial charge in [-0.15, -0.1) is 11.3 Å². The number of hydrogen-bond acceptors (Lipinski definition) is 4. The first-order valence-electron chi connectivity index (χ1n) is 6.00. The molecular weight excluding hydrogens is 367 g/mol. The quantitative estimate of drug-likeness (QED) is 0.840. The van der Waals surface area contributed by atoms with Crippen LogP contribution in [0.4, 0.5) is 24.8 Å². The van der Waals surface area contributed by atoms with Gasteiger partial charge in [0, 0.05) is 28.8 Å². The normalized spacial score (nSPS) is 11.5. The molecule has 0 radical (unpaired) electrons. The predicted molar refractivity (Wildman–Crippen MR) is 82.9 cm³/mol. The fourth-order valence-electron chi connectivity index (χ4n) is 1.75. The predicted octanol–water partition coefficient (Wildman–Crippen LogP) is 4.60. The van der Waals surface area contributed by atoms with E-state index in [0.29, 0.717) is 6.54 Å². The lowest BCUT2D eigenvalue weighted by molar-refractivity contribution is -0.137. The van der Waals surface area contributed by atoms with Gasteiger partial charge in [0.05, 0.1) is 12.1 Å². The van der Waals surface area contributed by atoms with Crippen LogP contribution in [0.2, 0.25) is 0 Å². The van der Waals surface area contributed by atoms with Gasteiger partial charge >= 0.3 is 6.18 Å². The van der Waals surface area contributed by atoms with E-state index in [1.165, 1.54) is 11.3 Å². The Morgan fingerprint density at radius 2 is 2.05 bits per heavy atom. The number of aromatic nitrogens is 1. The molecule has 2 aromatic heterocycles. The first-order chi connectivity index (χ1) is 9.79. The van der Waals surface area contributed by atoms with Gasteiger partial charge in [-0.2, -0.15) is 13.2 Å². The SMILES string of the molecule is CNc1cc(C(F)(F)F)cc(N(C)Cc2cc(Br)cs2)n1. The van der Waals surface area contributed by atoms with Crippen molar-refractivity contribution in [1.82, 2.24) is 4.98 Å². The number of hydrogen-bond donors (Lipinski definition) is 1. The molecule has 3 nitrogen and oxygen atoms in total. The zero-order valence-electron chi connectivity index (χ0n) is 11.3. The highest BCUT2D eigenvalue weighted by Crippen LogP contribution is 2.33. The summed E-state index contributed by atoms with van der Waals surface area (Å²) >= 11 is 4.89. The van der Waals surface area contributed by atoms with E-state index in [0.717, 1.165) is 21.5 Å². The second-order valence-electron chi connectivity index (χ2n) is 4.43. The second kappa shape index (κ2) is 6.23. The second-order valence-corrected chi connectivity index (χ2v) is 6.35. The van der Waals surface area contributed by atoms with Crippen LogP contribution in [-0.4, -0.2) is 19.1 Å². The lowest BCUT2D eigenvalue weighted by atomic mass is 10.2. The van der Waals surface area contributed by atoms with E-state index in [4.69, 9.17) is 0 Å². The summed E-state index contributed by atoms with van der Waals surface area (Å²) in [7, 11) is 3.26. The lowest BCUT2D eigenvalue weighted by Crippen LogP contribution is -2.19. The number of anilines is 2. The summed E-state index contributed by atoms with van der Waals surface area (Å²) in [6.07, 6.45) is -4.39. The minimum atomic E-state index is -4.39. The van der Waals surface area contributed by atoms with Crippen LogP contribution in [0, 0.1) is 0 Å². The number of alkyl halides is 3. The van der Waals surface area contributed by atoms with Crippen molar-refractivity contribution in [3.8, 4) is 0 Å². The van der Waals surface area contributed by atoms with Crippen molar-refractivity contribution >= 4 is 38.9 Å². The molecule has 0 saturated carbocycles. The van der Waals surface area contributed by atoms with E-state index < -0.39 is 11.7 Å². The van der Waals surface area contributed by atoms with E-state index >= 15 is 0 Å². The third-order valence-electron chi connectivity index (χ3n) is 2.80. The molecule has 1 N–H and O–H groups in total. The van der Waals surface area contributed by atoms with Crippen molar-refractivity contribution in [3.05, 3.63) is 38.5 Å². The molecule has 2 aromatic rings. The molecule has 0 amide bonds. The molecule has 0 aromatic carbocycles. The van der Waals surface area contributed by atoms with Gasteiger partial charge in [0.15, 0.2) is 0 Å². The van der Waals surface area contributed by atoms with E-state index in [1.54, 1.807) is 19.0 Å². The Hall–Kier alpha value is -1.28. The number of thiophene rings is 1. The standard InChI is InChI=1S/C13H13BrF3N3S/c1-18-11-3-8(13(15,16)17)4-12(19-11)20(2)6-10-5-9(14)7-21-10/h3-5,7H,6H2,1-2H3,(H,18,19). The number of nitrogens with zero attached hydrogens (tertiary/aromatic N) is 2. The summed E-state index contributed by atoms with van der Waals surface area (Å²) in [5, 5.41) is 4.59. The van der Waals surface area contributed by atoms with Crippen LogP contribution in [0.25, 0.3) is 0 Å². The van der Waals surface area contributed by atoms with Gasteiger partial charge in [-0.3, -0.25) is 0 Å². The van der Waals surface area contributed by atoms with Crippen LogP contribution < -0.4 is 10.2 Å². The van der Waals surface area contributed by atoms with Gasteiger partial charge in [0.1, 0.15) is 11.6 Å². The first-order valence-corrected chi connectivity index (χ1v) is 7.68. The van der Waals surface area contributed by atoms with Crippen LogP contribution in [-0.2, 0) is 12.7 Å². The fourth-order valence-corrected chi connectivity index (χ4v) is 3.26. The summed E-state index contributed by atoms with van der Waals surface area (Å²) in [6.45, 7) is 0.494. The highest BCUT2D eigenvalue weighted by molar-refractivity contribution is 9.10. The number of halogens is 4. The van der Waals surface area contributed by atoms with Gasteiger partial charge in [0.2, 0.25) is 0 Å². The van der Waals surface area contributed by atoms with Gasteiger partial charge in [-0.05, 0) is 34.1 Å². The largest absolute Gasteiger partial charge is 0.416 e. The summed E-state index contributed by atoms with van der Waals surface area (Å²) in [5.74, 6) is 0.470. The molecule has 0 aliphatic heterocycles. The summed E-state index contributed by atoms with van der Waals surface area (Å²) in [5.41, 5.74) is -0.712. The molecule has 8 heteroatoms. The number of rotatable bonds is 4. The van der Waals surface area contributed by atoms with Crippen molar-refractivity contribution < 1.29 is 13.2 Å². The van der Waals surface area contributed by atoms with Crippen LogP contribution >= 0.6 is 27.3 Å². The maximum absolute atomic E-state index is 12.9. The molecule has 2 heterocycles. The number of pyridine rings is 1. The maximum atomic E-state index is 12.9. The van der Waals surface area contributed by atoms with E-state index in [2.05, 4.69) is 26.2 Å². The van der Waals surface area contributed by atoms with Crippen molar-refractivity contribution in [1.29, 1.82) is 0 Å². The zero-order chi connectivity index (χ0) is 15.6. The van der Waals surface area contributed by atoms with E-state index in [1.807, 2.05) is 11.4 Å². The highest BCUT2D eigenvalue weighted by atomic mass is 79.9. The smallest absolute Gasteiger partial charge is 0.373 e. The average Bonchev–Trinajstić information content (AvgIpc) is 2.82. The molecule has 0 atom stereocenters. The third kappa shape index (κ3) is 4.10. The van der Waals surface area contributed by atoms with Crippen molar-refractivity contribution in [2.75, 3.05) is 24.3 Å². The Bertz CT molecular complexity index is 627. The monoisotopic (exact) mass is 379 g/mol. The minimum Gasteiger partial charge on any atom is -0.373 e. The topological polar surface area (TPSA) is 28.2 Å². The van der Waals surface area contributed by atoms with Crippen LogP contribution in [0.1, 0.15) is 10.4 Å².